The van der Waals surface area contributed by atoms with Crippen LogP contribution in [0.1, 0.15) is 20.8 Å². The summed E-state index contributed by atoms with van der Waals surface area (Å²) in [5.41, 5.74) is 3.00. The van der Waals surface area contributed by atoms with Gasteiger partial charge in [0.15, 0.2) is 5.13 Å². The Morgan fingerprint density at radius 1 is 1.22 bits per heavy atom. The van der Waals surface area contributed by atoms with E-state index in [9.17, 15) is 4.79 Å². The molecule has 0 aliphatic heterocycles. The summed E-state index contributed by atoms with van der Waals surface area (Å²) in [6.07, 6.45) is 0. The van der Waals surface area contributed by atoms with Crippen molar-refractivity contribution in [1.82, 2.24) is 4.98 Å². The zero-order chi connectivity index (χ0) is 18.8. The van der Waals surface area contributed by atoms with E-state index in [2.05, 4.69) is 16.4 Å². The Hall–Kier alpha value is -2.41. The van der Waals surface area contributed by atoms with Crippen molar-refractivity contribution in [3.8, 4) is 5.75 Å². The molecular weight excluding hydrogens is 400 g/mol. The number of aryl methyl sites for hydroxylation is 1. The summed E-state index contributed by atoms with van der Waals surface area (Å²) >= 11 is 8.81. The smallest absolute Gasteiger partial charge is 0.267 e. The molecule has 0 saturated heterocycles. The van der Waals surface area contributed by atoms with E-state index in [0.717, 1.165) is 15.8 Å². The molecule has 1 amide bonds. The predicted octanol–water partition coefficient (Wildman–Crippen LogP) is 6.15. The van der Waals surface area contributed by atoms with Gasteiger partial charge in [-0.1, -0.05) is 35.1 Å². The number of rotatable bonds is 5. The van der Waals surface area contributed by atoms with Crippen molar-refractivity contribution in [3.63, 3.8) is 0 Å². The van der Waals surface area contributed by atoms with Gasteiger partial charge in [0.1, 0.15) is 12.4 Å². The van der Waals surface area contributed by atoms with Crippen LogP contribution in [0.25, 0.3) is 10.2 Å². The van der Waals surface area contributed by atoms with Crippen molar-refractivity contribution in [2.24, 2.45) is 0 Å². The Morgan fingerprint density at radius 3 is 2.96 bits per heavy atom. The first kappa shape index (κ1) is 18.0. The van der Waals surface area contributed by atoms with Gasteiger partial charge in [-0.15, -0.1) is 11.3 Å². The number of nitrogens with zero attached hydrogens (tertiary/aromatic N) is 1. The molecule has 0 saturated carbocycles. The molecule has 0 unspecified atom stereocenters. The fourth-order valence-corrected chi connectivity index (χ4v) is 4.47. The standard InChI is InChI=1S/C20H15ClN2O2S2/c1-12-5-6-16-17(7-12)27-20(22-16)23-19(24)18-8-13(11-26-18)10-25-15-4-2-3-14(21)9-15/h2-9,11H,10H2,1H3,(H,22,23,24). The molecule has 0 radical (unpaired) electrons. The summed E-state index contributed by atoms with van der Waals surface area (Å²) in [7, 11) is 0. The van der Waals surface area contributed by atoms with Gasteiger partial charge in [-0.05, 0) is 54.3 Å². The maximum absolute atomic E-state index is 12.5. The van der Waals surface area contributed by atoms with E-state index in [-0.39, 0.29) is 5.91 Å². The van der Waals surface area contributed by atoms with E-state index in [1.807, 2.05) is 42.6 Å². The van der Waals surface area contributed by atoms with Crippen LogP contribution in [0.3, 0.4) is 0 Å². The number of thiazole rings is 1. The maximum Gasteiger partial charge on any atom is 0.267 e. The lowest BCUT2D eigenvalue weighted by Gasteiger charge is -2.04. The Bertz CT molecular complexity index is 1120. The summed E-state index contributed by atoms with van der Waals surface area (Å²) in [6, 6.07) is 15.1. The number of fused-ring (bicyclic) bond motifs is 1. The number of carbonyl (C=O) groups is 1. The molecule has 4 aromatic rings. The lowest BCUT2D eigenvalue weighted by atomic mass is 10.2. The molecule has 0 aliphatic rings. The van der Waals surface area contributed by atoms with Crippen LogP contribution in [0.5, 0.6) is 5.75 Å². The number of thiophene rings is 1. The molecule has 7 heteroatoms. The van der Waals surface area contributed by atoms with Crippen molar-refractivity contribution < 1.29 is 9.53 Å². The molecule has 0 spiro atoms. The highest BCUT2D eigenvalue weighted by atomic mass is 35.5. The third-order valence-corrected chi connectivity index (χ3v) is 5.99. The molecule has 136 valence electrons. The second-order valence-electron chi connectivity index (χ2n) is 6.01. The van der Waals surface area contributed by atoms with Gasteiger partial charge in [-0.25, -0.2) is 4.98 Å². The first-order chi connectivity index (χ1) is 13.1. The minimum atomic E-state index is -0.162. The van der Waals surface area contributed by atoms with Crippen molar-refractivity contribution in [2.45, 2.75) is 13.5 Å². The fraction of sp³-hybridized carbons (Fsp3) is 0.100. The highest BCUT2D eigenvalue weighted by Crippen LogP contribution is 2.28. The molecule has 2 aromatic heterocycles. The zero-order valence-corrected chi connectivity index (χ0v) is 16.8. The van der Waals surface area contributed by atoms with E-state index < -0.39 is 0 Å². The van der Waals surface area contributed by atoms with Gasteiger partial charge in [0.2, 0.25) is 0 Å². The van der Waals surface area contributed by atoms with Gasteiger partial charge < -0.3 is 4.74 Å². The number of nitrogens with one attached hydrogen (secondary N) is 1. The second-order valence-corrected chi connectivity index (χ2v) is 8.39. The summed E-state index contributed by atoms with van der Waals surface area (Å²) in [6.45, 7) is 2.42. The van der Waals surface area contributed by atoms with Gasteiger partial charge in [-0.3, -0.25) is 10.1 Å². The van der Waals surface area contributed by atoms with Crippen LogP contribution in [0.2, 0.25) is 5.02 Å². The molecular formula is C20H15ClN2O2S2. The average molecular weight is 415 g/mol. The van der Waals surface area contributed by atoms with E-state index in [4.69, 9.17) is 16.3 Å². The van der Waals surface area contributed by atoms with E-state index in [1.165, 1.54) is 28.2 Å². The van der Waals surface area contributed by atoms with Gasteiger partial charge in [0.25, 0.3) is 5.91 Å². The van der Waals surface area contributed by atoms with Gasteiger partial charge in [0, 0.05) is 10.6 Å². The van der Waals surface area contributed by atoms with Crippen molar-refractivity contribution in [1.29, 1.82) is 0 Å². The molecule has 0 bridgehead atoms. The molecule has 1 N–H and O–H groups in total. The van der Waals surface area contributed by atoms with Crippen molar-refractivity contribution in [2.75, 3.05) is 5.32 Å². The molecule has 4 rings (SSSR count). The number of anilines is 1. The first-order valence-electron chi connectivity index (χ1n) is 8.21. The minimum Gasteiger partial charge on any atom is -0.489 e. The van der Waals surface area contributed by atoms with Crippen LogP contribution in [-0.2, 0) is 6.61 Å². The highest BCUT2D eigenvalue weighted by molar-refractivity contribution is 7.22. The Morgan fingerprint density at radius 2 is 2.11 bits per heavy atom. The number of aromatic nitrogens is 1. The normalized spacial score (nSPS) is 10.9. The molecule has 2 aromatic carbocycles. The largest absolute Gasteiger partial charge is 0.489 e. The molecule has 0 aliphatic carbocycles. The Kier molecular flexibility index (Phi) is 5.11. The zero-order valence-electron chi connectivity index (χ0n) is 14.4. The number of hydrogen-bond acceptors (Lipinski definition) is 5. The lowest BCUT2D eigenvalue weighted by molar-refractivity contribution is 0.103. The average Bonchev–Trinajstić information content (AvgIpc) is 3.26. The fourth-order valence-electron chi connectivity index (χ4n) is 2.54. The Balaban J connectivity index is 1.41. The second kappa shape index (κ2) is 7.68. The predicted molar refractivity (Wildman–Crippen MR) is 112 cm³/mol. The summed E-state index contributed by atoms with van der Waals surface area (Å²) in [5.74, 6) is 0.536. The molecule has 0 fully saturated rings. The number of ether oxygens (including phenoxy) is 1. The van der Waals surface area contributed by atoms with E-state index in [0.29, 0.717) is 27.4 Å². The third kappa shape index (κ3) is 4.30. The van der Waals surface area contributed by atoms with Crippen LogP contribution in [0, 0.1) is 6.92 Å². The van der Waals surface area contributed by atoms with Crippen LogP contribution in [0.15, 0.2) is 53.9 Å². The van der Waals surface area contributed by atoms with E-state index in [1.54, 1.807) is 12.1 Å². The number of hydrogen-bond donors (Lipinski definition) is 1. The number of amides is 1. The number of halogens is 1. The maximum atomic E-state index is 12.5. The number of carbonyl (C=O) groups excluding carboxylic acids is 1. The van der Waals surface area contributed by atoms with Crippen LogP contribution < -0.4 is 10.1 Å². The van der Waals surface area contributed by atoms with E-state index >= 15 is 0 Å². The minimum absolute atomic E-state index is 0.162. The Labute approximate surface area is 169 Å². The summed E-state index contributed by atoms with van der Waals surface area (Å²) < 4.78 is 6.78. The third-order valence-electron chi connectivity index (χ3n) is 3.84. The van der Waals surface area contributed by atoms with Gasteiger partial charge in [-0.2, -0.15) is 0 Å². The number of benzene rings is 2. The SMILES string of the molecule is Cc1ccc2nc(NC(=O)c3cc(COc4cccc(Cl)c4)cs3)sc2c1. The first-order valence-corrected chi connectivity index (χ1v) is 10.3. The molecule has 0 atom stereocenters. The summed E-state index contributed by atoms with van der Waals surface area (Å²) in [4.78, 5) is 17.6. The topological polar surface area (TPSA) is 51.2 Å². The van der Waals surface area contributed by atoms with Crippen molar-refractivity contribution >= 4 is 55.5 Å². The molecule has 2 heterocycles. The quantitative estimate of drug-likeness (QED) is 0.426. The molecule has 27 heavy (non-hydrogen) atoms. The lowest BCUT2D eigenvalue weighted by Crippen LogP contribution is -2.09. The van der Waals surface area contributed by atoms with Gasteiger partial charge in [0.05, 0.1) is 15.1 Å². The van der Waals surface area contributed by atoms with Crippen molar-refractivity contribution in [3.05, 3.63) is 74.9 Å². The highest BCUT2D eigenvalue weighted by Gasteiger charge is 2.13. The summed E-state index contributed by atoms with van der Waals surface area (Å²) in [5, 5.41) is 6.03. The molecule has 4 nitrogen and oxygen atoms in total. The van der Waals surface area contributed by atoms with Crippen LogP contribution >= 0.6 is 34.3 Å². The monoisotopic (exact) mass is 414 g/mol. The van der Waals surface area contributed by atoms with Gasteiger partial charge >= 0.3 is 0 Å². The van der Waals surface area contributed by atoms with Crippen LogP contribution in [0.4, 0.5) is 5.13 Å². The van der Waals surface area contributed by atoms with Crippen LogP contribution in [-0.4, -0.2) is 10.9 Å².